The summed E-state index contributed by atoms with van der Waals surface area (Å²) < 4.78 is 0. The molecule has 0 spiro atoms. The fourth-order valence-corrected chi connectivity index (χ4v) is 7.98. The van der Waals surface area contributed by atoms with Crippen molar-refractivity contribution in [1.29, 1.82) is 0 Å². The smallest absolute Gasteiger partial charge is 0.226 e. The third-order valence-electron chi connectivity index (χ3n) is 11.2. The first kappa shape index (κ1) is 49.5. The molecule has 0 bridgehead atoms. The highest BCUT2D eigenvalue weighted by Gasteiger charge is 2.34. The van der Waals surface area contributed by atoms with E-state index in [1.165, 1.54) is 4.90 Å². The first-order chi connectivity index (χ1) is 28.8. The normalized spacial score (nSPS) is 13.8. The number of benzene rings is 3. The molecule has 0 aliphatic heterocycles. The van der Waals surface area contributed by atoms with E-state index in [0.29, 0.717) is 45.1 Å². The SMILES string of the molecule is CCCC(=O)CC(CCCCN)C(=O)CC(CC(C)C)C(=O)N(CC(=O)CC(Cc1ccccc1)C(=O)CC(Cc1ccccc1)C(=O)CC(C)C=O)Cc1ccccc1. The average Bonchev–Trinajstić information content (AvgIpc) is 3.23. The van der Waals surface area contributed by atoms with Gasteiger partial charge in [0.05, 0.1) is 6.54 Å². The Morgan fingerprint density at radius 3 is 1.60 bits per heavy atom. The molecule has 3 aromatic rings. The molecule has 0 saturated carbocycles. The van der Waals surface area contributed by atoms with Crippen LogP contribution in [0.15, 0.2) is 91.0 Å². The van der Waals surface area contributed by atoms with E-state index in [-0.39, 0.29) is 92.4 Å². The van der Waals surface area contributed by atoms with E-state index in [0.717, 1.165) is 29.4 Å². The van der Waals surface area contributed by atoms with Crippen molar-refractivity contribution in [2.45, 2.75) is 118 Å². The molecular formula is C51H68N2O7. The highest BCUT2D eigenvalue weighted by atomic mass is 16.2. The minimum Gasteiger partial charge on any atom is -0.331 e. The van der Waals surface area contributed by atoms with Crippen molar-refractivity contribution in [2.75, 3.05) is 13.1 Å². The summed E-state index contributed by atoms with van der Waals surface area (Å²) in [7, 11) is 0. The summed E-state index contributed by atoms with van der Waals surface area (Å²) in [5, 5.41) is 0. The first-order valence-corrected chi connectivity index (χ1v) is 22.0. The maximum atomic E-state index is 14.7. The van der Waals surface area contributed by atoms with Gasteiger partial charge in [0.25, 0.3) is 0 Å². The summed E-state index contributed by atoms with van der Waals surface area (Å²) >= 11 is 0. The zero-order valence-corrected chi connectivity index (χ0v) is 36.4. The van der Waals surface area contributed by atoms with E-state index in [4.69, 9.17) is 5.73 Å². The summed E-state index contributed by atoms with van der Waals surface area (Å²) in [6, 6.07) is 28.3. The zero-order valence-electron chi connectivity index (χ0n) is 36.4. The molecule has 9 heteroatoms. The molecule has 3 rings (SSSR count). The second kappa shape index (κ2) is 27.1. The molecule has 0 aromatic heterocycles. The third-order valence-corrected chi connectivity index (χ3v) is 11.2. The van der Waals surface area contributed by atoms with Crippen LogP contribution in [-0.2, 0) is 52.9 Å². The molecule has 60 heavy (non-hydrogen) atoms. The van der Waals surface area contributed by atoms with E-state index in [1.54, 1.807) is 6.92 Å². The van der Waals surface area contributed by atoms with Crippen LogP contribution in [0.1, 0.15) is 115 Å². The predicted octanol–water partition coefficient (Wildman–Crippen LogP) is 8.57. The minimum atomic E-state index is -0.758. The Kier molecular flexibility index (Phi) is 22.3. The highest BCUT2D eigenvalue weighted by Crippen LogP contribution is 2.27. The summed E-state index contributed by atoms with van der Waals surface area (Å²) in [4.78, 5) is 96.7. The number of unbranched alkanes of at least 4 members (excludes halogenated alkanes) is 1. The number of Topliss-reactive ketones (excluding diaryl/α,β-unsaturated/α-hetero) is 5. The molecule has 324 valence electrons. The lowest BCUT2D eigenvalue weighted by Crippen LogP contribution is -2.41. The number of nitrogens with zero attached hydrogens (tertiary/aromatic N) is 1. The number of carbonyl (C=O) groups excluding carboxylic acids is 7. The number of hydrogen-bond donors (Lipinski definition) is 1. The molecule has 5 atom stereocenters. The van der Waals surface area contributed by atoms with Gasteiger partial charge < -0.3 is 15.4 Å². The second-order valence-corrected chi connectivity index (χ2v) is 17.1. The van der Waals surface area contributed by atoms with E-state index < -0.39 is 29.6 Å². The van der Waals surface area contributed by atoms with Crippen LogP contribution in [0.5, 0.6) is 0 Å². The number of nitrogens with two attached hydrogens (primary N) is 1. The molecule has 0 fully saturated rings. The lowest BCUT2D eigenvalue weighted by molar-refractivity contribution is -0.142. The lowest BCUT2D eigenvalue weighted by atomic mass is 9.81. The number of aldehydes is 1. The summed E-state index contributed by atoms with van der Waals surface area (Å²) in [6.45, 7) is 7.99. The van der Waals surface area contributed by atoms with Gasteiger partial charge in [-0.25, -0.2) is 0 Å². The van der Waals surface area contributed by atoms with Crippen molar-refractivity contribution in [3.05, 3.63) is 108 Å². The largest absolute Gasteiger partial charge is 0.331 e. The molecule has 0 aliphatic rings. The summed E-state index contributed by atoms with van der Waals surface area (Å²) in [5.74, 6) is -4.10. The second-order valence-electron chi connectivity index (χ2n) is 17.1. The molecular weight excluding hydrogens is 753 g/mol. The van der Waals surface area contributed by atoms with Crippen molar-refractivity contribution in [1.82, 2.24) is 4.90 Å². The van der Waals surface area contributed by atoms with Crippen LogP contribution >= 0.6 is 0 Å². The van der Waals surface area contributed by atoms with E-state index >= 15 is 0 Å². The Bertz CT molecular complexity index is 1790. The van der Waals surface area contributed by atoms with Gasteiger partial charge in [-0.05, 0) is 67.7 Å². The van der Waals surface area contributed by atoms with Gasteiger partial charge in [-0.2, -0.15) is 0 Å². The molecule has 0 saturated heterocycles. The van der Waals surface area contributed by atoms with Gasteiger partial charge >= 0.3 is 0 Å². The maximum Gasteiger partial charge on any atom is 0.226 e. The van der Waals surface area contributed by atoms with Gasteiger partial charge in [-0.1, -0.05) is 125 Å². The van der Waals surface area contributed by atoms with Crippen LogP contribution in [0.2, 0.25) is 0 Å². The molecule has 0 radical (unpaired) electrons. The Hall–Kier alpha value is -4.89. The number of ketones is 5. The number of hydrogen-bond acceptors (Lipinski definition) is 8. The predicted molar refractivity (Wildman–Crippen MR) is 237 cm³/mol. The van der Waals surface area contributed by atoms with E-state index in [1.807, 2.05) is 112 Å². The standard InChI is InChI=1S/C51H68N2O7/c1-5-17-46(55)30-42(24-15-16-25-52)49(58)33-45(26-37(2)3)51(60)53(34-41-22-13-8-14-23-41)35-47(56)31-43(28-39-18-9-6-10-19-39)50(59)32-44(48(57)27-38(4)36-54)29-40-20-11-7-12-21-40/h6-14,18-23,36-38,42-45H,5,15-17,24-35,52H2,1-4H3. The minimum absolute atomic E-state index is 0.0245. The van der Waals surface area contributed by atoms with Gasteiger partial charge in [-0.15, -0.1) is 0 Å². The molecule has 1 amide bonds. The van der Waals surface area contributed by atoms with Gasteiger partial charge in [0, 0.05) is 74.7 Å². The van der Waals surface area contributed by atoms with Crippen molar-refractivity contribution < 1.29 is 33.6 Å². The maximum absolute atomic E-state index is 14.7. The Morgan fingerprint density at radius 2 is 1.08 bits per heavy atom. The monoisotopic (exact) mass is 821 g/mol. The van der Waals surface area contributed by atoms with Crippen molar-refractivity contribution in [3.8, 4) is 0 Å². The van der Waals surface area contributed by atoms with E-state index in [9.17, 15) is 33.6 Å². The molecule has 5 unspecified atom stereocenters. The van der Waals surface area contributed by atoms with Crippen molar-refractivity contribution in [3.63, 3.8) is 0 Å². The Labute approximate surface area is 358 Å². The van der Waals surface area contributed by atoms with Crippen LogP contribution in [0, 0.1) is 35.5 Å². The van der Waals surface area contributed by atoms with Gasteiger partial charge in [0.1, 0.15) is 29.4 Å². The van der Waals surface area contributed by atoms with Crippen LogP contribution in [0.4, 0.5) is 0 Å². The van der Waals surface area contributed by atoms with Gasteiger partial charge in [0.15, 0.2) is 5.78 Å². The summed E-state index contributed by atoms with van der Waals surface area (Å²) in [6.07, 6.45) is 4.80. The Morgan fingerprint density at radius 1 is 0.600 bits per heavy atom. The molecule has 2 N–H and O–H groups in total. The molecule has 0 heterocycles. The van der Waals surface area contributed by atoms with Crippen LogP contribution in [0.25, 0.3) is 0 Å². The van der Waals surface area contributed by atoms with E-state index in [2.05, 4.69) is 0 Å². The third kappa shape index (κ3) is 18.2. The fraction of sp³-hybridized carbons (Fsp3) is 0.510. The van der Waals surface area contributed by atoms with Gasteiger partial charge in [-0.3, -0.25) is 28.8 Å². The Balaban J connectivity index is 1.93. The van der Waals surface area contributed by atoms with Crippen LogP contribution < -0.4 is 5.73 Å². The van der Waals surface area contributed by atoms with Crippen LogP contribution in [0.3, 0.4) is 0 Å². The highest BCUT2D eigenvalue weighted by molar-refractivity contribution is 5.95. The van der Waals surface area contributed by atoms with Crippen molar-refractivity contribution >= 4 is 41.1 Å². The van der Waals surface area contributed by atoms with Crippen LogP contribution in [-0.4, -0.2) is 59.1 Å². The molecule has 3 aromatic carbocycles. The topological polar surface area (TPSA) is 149 Å². The molecule has 9 nitrogen and oxygen atoms in total. The fourth-order valence-electron chi connectivity index (χ4n) is 7.98. The lowest BCUT2D eigenvalue weighted by Gasteiger charge is -2.29. The number of carbonyl (C=O) groups is 7. The first-order valence-electron chi connectivity index (χ1n) is 22.0. The average molecular weight is 821 g/mol. The van der Waals surface area contributed by atoms with Gasteiger partial charge in [0.2, 0.25) is 5.91 Å². The summed E-state index contributed by atoms with van der Waals surface area (Å²) in [5.41, 5.74) is 8.34. The number of amides is 1. The molecule has 0 aliphatic carbocycles. The number of rotatable bonds is 31. The van der Waals surface area contributed by atoms with Crippen molar-refractivity contribution in [2.24, 2.45) is 41.2 Å². The zero-order chi connectivity index (χ0) is 43.9. The quantitative estimate of drug-likeness (QED) is 0.0502.